The highest BCUT2D eigenvalue weighted by molar-refractivity contribution is 6.07. The Bertz CT molecular complexity index is 267. The van der Waals surface area contributed by atoms with E-state index in [1.807, 2.05) is 20.9 Å². The fourth-order valence-electron chi connectivity index (χ4n) is 2.09. The van der Waals surface area contributed by atoms with Crippen molar-refractivity contribution in [2.75, 3.05) is 20.1 Å². The first-order valence-electron chi connectivity index (χ1n) is 5.45. The number of rotatable bonds is 0. The Morgan fingerprint density at radius 3 is 2.47 bits per heavy atom. The van der Waals surface area contributed by atoms with Crippen molar-refractivity contribution in [3.63, 3.8) is 0 Å². The molecule has 0 aromatic heterocycles. The minimum atomic E-state index is -0.649. The summed E-state index contributed by atoms with van der Waals surface area (Å²) < 4.78 is 0. The van der Waals surface area contributed by atoms with Crippen LogP contribution in [-0.4, -0.2) is 42.5 Å². The molecule has 5 nitrogen and oxygen atoms in total. The Hall–Kier alpha value is -1.10. The second-order valence-corrected chi connectivity index (χ2v) is 3.83. The summed E-state index contributed by atoms with van der Waals surface area (Å²) in [5.41, 5.74) is -0.649. The fourth-order valence-corrected chi connectivity index (χ4v) is 2.09. The van der Waals surface area contributed by atoms with Gasteiger partial charge in [-0.2, -0.15) is 0 Å². The molecular weight excluding hydrogens is 194 g/mol. The Morgan fingerprint density at radius 2 is 2.00 bits per heavy atom. The van der Waals surface area contributed by atoms with E-state index in [0.29, 0.717) is 6.54 Å². The minimum absolute atomic E-state index is 0.177. The average Bonchev–Trinajstić information content (AvgIpc) is 2.44. The number of hydrogen-bond donors (Lipinski definition) is 2. The van der Waals surface area contributed by atoms with E-state index in [4.69, 9.17) is 0 Å². The van der Waals surface area contributed by atoms with Gasteiger partial charge in [-0.1, -0.05) is 13.8 Å². The van der Waals surface area contributed by atoms with Gasteiger partial charge in [0.05, 0.1) is 0 Å². The molecule has 3 amide bonds. The number of nitrogens with zero attached hydrogens (tertiary/aromatic N) is 1. The number of likely N-dealkylation sites (tertiary alicyclic amines) is 1. The van der Waals surface area contributed by atoms with Crippen LogP contribution in [0.1, 0.15) is 26.7 Å². The molecule has 0 aromatic carbocycles. The molecule has 15 heavy (non-hydrogen) atoms. The van der Waals surface area contributed by atoms with Gasteiger partial charge in [-0.25, -0.2) is 4.79 Å². The van der Waals surface area contributed by atoms with Gasteiger partial charge < -0.3 is 10.2 Å². The van der Waals surface area contributed by atoms with Crippen LogP contribution in [0.3, 0.4) is 0 Å². The van der Waals surface area contributed by atoms with E-state index in [1.165, 1.54) is 0 Å². The number of nitrogens with one attached hydrogen (secondary N) is 2. The minimum Gasteiger partial charge on any atom is -0.322 e. The maximum atomic E-state index is 11.5. The molecule has 0 aliphatic carbocycles. The molecule has 86 valence electrons. The van der Waals surface area contributed by atoms with Gasteiger partial charge in [-0.05, 0) is 26.4 Å². The first kappa shape index (κ1) is 12.0. The van der Waals surface area contributed by atoms with Crippen LogP contribution in [-0.2, 0) is 4.79 Å². The highest BCUT2D eigenvalue weighted by Gasteiger charge is 2.47. The second-order valence-electron chi connectivity index (χ2n) is 3.83. The molecule has 0 aromatic rings. The molecule has 2 N–H and O–H groups in total. The quantitative estimate of drug-likeness (QED) is 0.570. The maximum absolute atomic E-state index is 11.5. The fraction of sp³-hybridized carbons (Fsp3) is 0.800. The van der Waals surface area contributed by atoms with Gasteiger partial charge in [0.15, 0.2) is 0 Å². The van der Waals surface area contributed by atoms with Gasteiger partial charge in [0.2, 0.25) is 0 Å². The number of carbonyl (C=O) groups excluding carboxylic acids is 2. The Labute approximate surface area is 90.2 Å². The van der Waals surface area contributed by atoms with E-state index < -0.39 is 5.54 Å². The zero-order valence-corrected chi connectivity index (χ0v) is 9.59. The van der Waals surface area contributed by atoms with Crippen LogP contribution in [0.5, 0.6) is 0 Å². The van der Waals surface area contributed by atoms with Crippen LogP contribution >= 0.6 is 0 Å². The summed E-state index contributed by atoms with van der Waals surface area (Å²) in [6.07, 6.45) is 1.69. The van der Waals surface area contributed by atoms with E-state index in [9.17, 15) is 9.59 Å². The molecule has 2 aliphatic rings. The lowest BCUT2D eigenvalue weighted by Gasteiger charge is -2.35. The number of hydrogen-bond acceptors (Lipinski definition) is 3. The number of imide groups is 1. The highest BCUT2D eigenvalue weighted by Crippen LogP contribution is 2.23. The van der Waals surface area contributed by atoms with Crippen LogP contribution in [0, 0.1) is 0 Å². The van der Waals surface area contributed by atoms with Gasteiger partial charge in [0.25, 0.3) is 5.91 Å². The van der Waals surface area contributed by atoms with Crippen LogP contribution in [0.25, 0.3) is 0 Å². The number of likely N-dealkylation sites (N-methyl/N-ethyl adjacent to an activating group) is 1. The third kappa shape index (κ3) is 2.28. The first-order valence-corrected chi connectivity index (χ1v) is 5.45. The lowest BCUT2D eigenvalue weighted by molar-refractivity contribution is -0.125. The Balaban J connectivity index is 0.000000531. The van der Waals surface area contributed by atoms with E-state index in [2.05, 4.69) is 15.5 Å². The highest BCUT2D eigenvalue weighted by atomic mass is 16.2. The summed E-state index contributed by atoms with van der Waals surface area (Å²) in [6.45, 7) is 5.61. The average molecular weight is 213 g/mol. The molecule has 2 saturated heterocycles. The largest absolute Gasteiger partial charge is 0.322 e. The molecule has 0 radical (unpaired) electrons. The Morgan fingerprint density at radius 1 is 1.33 bits per heavy atom. The van der Waals surface area contributed by atoms with Crippen molar-refractivity contribution < 1.29 is 9.59 Å². The predicted octanol–water partition coefficient (Wildman–Crippen LogP) is 0.316. The summed E-state index contributed by atoms with van der Waals surface area (Å²) in [6, 6.07) is -0.361. The van der Waals surface area contributed by atoms with E-state index >= 15 is 0 Å². The summed E-state index contributed by atoms with van der Waals surface area (Å²) in [4.78, 5) is 24.5. The molecule has 0 saturated carbocycles. The van der Waals surface area contributed by atoms with Crippen LogP contribution < -0.4 is 10.6 Å². The predicted molar refractivity (Wildman–Crippen MR) is 57.5 cm³/mol. The Kier molecular flexibility index (Phi) is 3.68. The van der Waals surface area contributed by atoms with E-state index in [0.717, 1.165) is 19.4 Å². The summed E-state index contributed by atoms with van der Waals surface area (Å²) in [7, 11) is 1.96. The summed E-state index contributed by atoms with van der Waals surface area (Å²) in [5, 5.41) is 4.99. The molecule has 5 heteroatoms. The standard InChI is InChI=1S/C8H13N3O2.C2H6/c1-11-4-2-3-8(5-11)6(12)9-7(13)10-8;1-2/h2-5H2,1H3,(H2,9,10,12,13);1-2H3. The van der Waals surface area contributed by atoms with Crippen molar-refractivity contribution in [3.05, 3.63) is 0 Å². The van der Waals surface area contributed by atoms with Crippen molar-refractivity contribution in [2.24, 2.45) is 0 Å². The summed E-state index contributed by atoms with van der Waals surface area (Å²) >= 11 is 0. The van der Waals surface area contributed by atoms with Crippen LogP contribution in [0.2, 0.25) is 0 Å². The molecule has 1 unspecified atom stereocenters. The first-order chi connectivity index (χ1) is 7.12. The molecule has 2 fully saturated rings. The normalized spacial score (nSPS) is 30.6. The second kappa shape index (κ2) is 4.61. The number of amides is 3. The van der Waals surface area contributed by atoms with Gasteiger partial charge in [0.1, 0.15) is 5.54 Å². The van der Waals surface area contributed by atoms with Crippen molar-refractivity contribution in [1.82, 2.24) is 15.5 Å². The lowest BCUT2D eigenvalue weighted by atomic mass is 9.89. The molecule has 2 heterocycles. The van der Waals surface area contributed by atoms with Gasteiger partial charge in [-0.3, -0.25) is 10.1 Å². The third-order valence-corrected chi connectivity index (χ3v) is 2.70. The topological polar surface area (TPSA) is 61.4 Å². The van der Waals surface area contributed by atoms with Gasteiger partial charge in [-0.15, -0.1) is 0 Å². The summed E-state index contributed by atoms with van der Waals surface area (Å²) in [5.74, 6) is -0.177. The lowest BCUT2D eigenvalue weighted by Crippen LogP contribution is -2.57. The maximum Gasteiger partial charge on any atom is 0.322 e. The molecular formula is C10H19N3O2. The van der Waals surface area contributed by atoms with E-state index in [-0.39, 0.29) is 11.9 Å². The molecule has 1 spiro atoms. The zero-order valence-electron chi connectivity index (χ0n) is 9.59. The molecule has 1 atom stereocenters. The van der Waals surface area contributed by atoms with Crippen molar-refractivity contribution >= 4 is 11.9 Å². The van der Waals surface area contributed by atoms with Crippen molar-refractivity contribution in [3.8, 4) is 0 Å². The number of piperidine rings is 1. The monoisotopic (exact) mass is 213 g/mol. The molecule has 0 bridgehead atoms. The van der Waals surface area contributed by atoms with Crippen molar-refractivity contribution in [1.29, 1.82) is 0 Å². The van der Waals surface area contributed by atoms with Gasteiger partial charge in [0, 0.05) is 6.54 Å². The van der Waals surface area contributed by atoms with Crippen LogP contribution in [0.15, 0.2) is 0 Å². The molecule has 2 rings (SSSR count). The number of urea groups is 1. The SMILES string of the molecule is CC.CN1CCCC2(C1)NC(=O)NC2=O. The van der Waals surface area contributed by atoms with Crippen LogP contribution in [0.4, 0.5) is 4.79 Å². The third-order valence-electron chi connectivity index (χ3n) is 2.70. The van der Waals surface area contributed by atoms with Crippen molar-refractivity contribution in [2.45, 2.75) is 32.2 Å². The smallest absolute Gasteiger partial charge is 0.322 e. The zero-order chi connectivity index (χ0) is 11.5. The van der Waals surface area contributed by atoms with E-state index in [1.54, 1.807) is 0 Å². The van der Waals surface area contributed by atoms with Gasteiger partial charge >= 0.3 is 6.03 Å². The molecule has 2 aliphatic heterocycles. The number of carbonyl (C=O) groups is 2.